The zero-order valence-corrected chi connectivity index (χ0v) is 12.2. The number of anilines is 1. The van der Waals surface area contributed by atoms with E-state index in [9.17, 15) is 0 Å². The molecule has 16 heavy (non-hydrogen) atoms. The van der Waals surface area contributed by atoms with Gasteiger partial charge >= 0.3 is 0 Å². The van der Waals surface area contributed by atoms with Crippen molar-refractivity contribution in [2.24, 2.45) is 0 Å². The van der Waals surface area contributed by atoms with Crippen molar-refractivity contribution in [1.82, 2.24) is 0 Å². The van der Waals surface area contributed by atoms with Crippen LogP contribution in [0.15, 0.2) is 18.2 Å². The molecule has 0 radical (unpaired) electrons. The van der Waals surface area contributed by atoms with E-state index < -0.39 is 0 Å². The monoisotopic (exact) mass is 283 g/mol. The molecule has 0 saturated heterocycles. The van der Waals surface area contributed by atoms with Crippen LogP contribution in [0.2, 0.25) is 0 Å². The summed E-state index contributed by atoms with van der Waals surface area (Å²) in [5, 5.41) is 1.13. The molecule has 0 amide bonds. The smallest absolute Gasteiger partial charge is 0.0368 e. The number of unbranched alkanes of at least 4 members (excludes halogenated alkanes) is 2. The minimum absolute atomic E-state index is 1.13. The largest absolute Gasteiger partial charge is 0.375 e. The first-order chi connectivity index (χ1) is 7.63. The lowest BCUT2D eigenvalue weighted by molar-refractivity contribution is 0.711. The van der Waals surface area contributed by atoms with Crippen molar-refractivity contribution in [3.05, 3.63) is 29.3 Å². The summed E-state index contributed by atoms with van der Waals surface area (Å²) < 4.78 is 0. The second-order valence-corrected chi connectivity index (χ2v) is 5.31. The number of benzene rings is 1. The Balaban J connectivity index is 2.48. The van der Waals surface area contributed by atoms with Crippen LogP contribution in [0, 0.1) is 13.8 Å². The SMILES string of the molecule is Cc1cc(C)cc(N(C)CCCCCBr)c1. The quantitative estimate of drug-likeness (QED) is 0.556. The lowest BCUT2D eigenvalue weighted by Gasteiger charge is -2.20. The van der Waals surface area contributed by atoms with Crippen LogP contribution in [0.3, 0.4) is 0 Å². The average Bonchev–Trinajstić information content (AvgIpc) is 2.22. The summed E-state index contributed by atoms with van der Waals surface area (Å²) in [7, 11) is 2.18. The first-order valence-corrected chi connectivity index (χ1v) is 7.11. The summed E-state index contributed by atoms with van der Waals surface area (Å²) in [4.78, 5) is 2.36. The van der Waals surface area contributed by atoms with Crippen molar-refractivity contribution in [3.8, 4) is 0 Å². The number of hydrogen-bond acceptors (Lipinski definition) is 1. The fourth-order valence-corrected chi connectivity index (χ4v) is 2.32. The van der Waals surface area contributed by atoms with Gasteiger partial charge in [0.25, 0.3) is 0 Å². The molecular formula is C14H22BrN. The molecule has 0 unspecified atom stereocenters. The van der Waals surface area contributed by atoms with Gasteiger partial charge in [0.15, 0.2) is 0 Å². The zero-order chi connectivity index (χ0) is 12.0. The average molecular weight is 284 g/mol. The number of nitrogens with zero attached hydrogens (tertiary/aromatic N) is 1. The molecule has 1 rings (SSSR count). The molecule has 1 aromatic rings. The Morgan fingerprint density at radius 2 is 1.62 bits per heavy atom. The van der Waals surface area contributed by atoms with E-state index in [0.717, 1.165) is 11.9 Å². The Hall–Kier alpha value is -0.500. The molecular weight excluding hydrogens is 262 g/mol. The first-order valence-electron chi connectivity index (χ1n) is 5.99. The maximum Gasteiger partial charge on any atom is 0.0368 e. The summed E-state index contributed by atoms with van der Waals surface area (Å²) in [6.45, 7) is 5.47. The molecule has 0 bridgehead atoms. The van der Waals surface area contributed by atoms with Crippen molar-refractivity contribution in [2.75, 3.05) is 23.8 Å². The highest BCUT2D eigenvalue weighted by Gasteiger charge is 2.01. The number of alkyl halides is 1. The predicted molar refractivity (Wildman–Crippen MR) is 76.8 cm³/mol. The lowest BCUT2D eigenvalue weighted by atomic mass is 10.1. The second kappa shape index (κ2) is 6.95. The van der Waals surface area contributed by atoms with Gasteiger partial charge in [0.2, 0.25) is 0 Å². The minimum atomic E-state index is 1.13. The maximum absolute atomic E-state index is 3.47. The number of hydrogen-bond donors (Lipinski definition) is 0. The van der Waals surface area contributed by atoms with E-state index in [4.69, 9.17) is 0 Å². The van der Waals surface area contributed by atoms with E-state index in [2.05, 4.69) is 59.9 Å². The molecule has 0 aliphatic rings. The number of rotatable bonds is 6. The van der Waals surface area contributed by atoms with E-state index in [1.54, 1.807) is 0 Å². The van der Waals surface area contributed by atoms with Crippen LogP contribution in [0.25, 0.3) is 0 Å². The van der Waals surface area contributed by atoms with Crippen LogP contribution >= 0.6 is 15.9 Å². The molecule has 1 aromatic carbocycles. The van der Waals surface area contributed by atoms with Gasteiger partial charge in [0.1, 0.15) is 0 Å². The zero-order valence-electron chi connectivity index (χ0n) is 10.6. The van der Waals surface area contributed by atoms with Crippen LogP contribution < -0.4 is 4.90 Å². The van der Waals surface area contributed by atoms with Gasteiger partial charge in [-0.2, -0.15) is 0 Å². The lowest BCUT2D eigenvalue weighted by Crippen LogP contribution is -2.18. The molecule has 1 nitrogen and oxygen atoms in total. The second-order valence-electron chi connectivity index (χ2n) is 4.52. The molecule has 0 atom stereocenters. The van der Waals surface area contributed by atoms with Crippen LogP contribution in [-0.4, -0.2) is 18.9 Å². The van der Waals surface area contributed by atoms with E-state index in [0.29, 0.717) is 0 Å². The summed E-state index contributed by atoms with van der Waals surface area (Å²) in [6, 6.07) is 6.75. The highest BCUT2D eigenvalue weighted by atomic mass is 79.9. The Bertz CT molecular complexity index is 302. The van der Waals surface area contributed by atoms with Gasteiger partial charge in [0, 0.05) is 24.6 Å². The normalized spacial score (nSPS) is 10.5. The first kappa shape index (κ1) is 13.6. The van der Waals surface area contributed by atoms with Crippen molar-refractivity contribution in [1.29, 1.82) is 0 Å². The Morgan fingerprint density at radius 3 is 2.19 bits per heavy atom. The maximum atomic E-state index is 3.47. The van der Waals surface area contributed by atoms with Crippen molar-refractivity contribution in [3.63, 3.8) is 0 Å². The van der Waals surface area contributed by atoms with Gasteiger partial charge in [-0.15, -0.1) is 0 Å². The van der Waals surface area contributed by atoms with Gasteiger partial charge < -0.3 is 4.90 Å². The van der Waals surface area contributed by atoms with Gasteiger partial charge in [0.05, 0.1) is 0 Å². The molecule has 0 saturated carbocycles. The van der Waals surface area contributed by atoms with E-state index in [1.165, 1.54) is 36.1 Å². The van der Waals surface area contributed by atoms with E-state index >= 15 is 0 Å². The summed E-state index contributed by atoms with van der Waals surface area (Å²) in [5.74, 6) is 0. The van der Waals surface area contributed by atoms with Gasteiger partial charge in [-0.25, -0.2) is 0 Å². The van der Waals surface area contributed by atoms with Crippen molar-refractivity contribution >= 4 is 21.6 Å². The molecule has 0 aliphatic carbocycles. The van der Waals surface area contributed by atoms with E-state index in [-0.39, 0.29) is 0 Å². The molecule has 2 heteroatoms. The molecule has 0 aliphatic heterocycles. The Morgan fingerprint density at radius 1 is 1.00 bits per heavy atom. The highest BCUT2D eigenvalue weighted by molar-refractivity contribution is 9.09. The molecule has 0 fully saturated rings. The molecule has 90 valence electrons. The highest BCUT2D eigenvalue weighted by Crippen LogP contribution is 2.18. The fraction of sp³-hybridized carbons (Fsp3) is 0.571. The third-order valence-electron chi connectivity index (χ3n) is 2.77. The van der Waals surface area contributed by atoms with Gasteiger partial charge in [-0.3, -0.25) is 0 Å². The predicted octanol–water partition coefficient (Wildman–Crippen LogP) is 4.30. The molecule has 0 aromatic heterocycles. The topological polar surface area (TPSA) is 3.24 Å². The molecule has 0 N–H and O–H groups in total. The standard InChI is InChI=1S/C14H22BrN/c1-12-9-13(2)11-14(10-12)16(3)8-6-4-5-7-15/h9-11H,4-8H2,1-3H3. The van der Waals surface area contributed by atoms with Crippen LogP contribution in [-0.2, 0) is 0 Å². The summed E-state index contributed by atoms with van der Waals surface area (Å²) >= 11 is 3.47. The third kappa shape index (κ3) is 4.56. The van der Waals surface area contributed by atoms with Crippen molar-refractivity contribution in [2.45, 2.75) is 33.1 Å². The number of aryl methyl sites for hydroxylation is 2. The Kier molecular flexibility index (Phi) is 5.89. The van der Waals surface area contributed by atoms with Crippen LogP contribution in [0.1, 0.15) is 30.4 Å². The Labute approximate surface area is 108 Å². The molecule has 0 spiro atoms. The summed E-state index contributed by atoms with van der Waals surface area (Å²) in [6.07, 6.45) is 3.86. The summed E-state index contributed by atoms with van der Waals surface area (Å²) in [5.41, 5.74) is 4.04. The van der Waals surface area contributed by atoms with Gasteiger partial charge in [-0.05, 0) is 49.9 Å². The third-order valence-corrected chi connectivity index (χ3v) is 3.34. The van der Waals surface area contributed by atoms with E-state index in [1.807, 2.05) is 0 Å². The van der Waals surface area contributed by atoms with Crippen LogP contribution in [0.5, 0.6) is 0 Å². The van der Waals surface area contributed by atoms with Crippen LogP contribution in [0.4, 0.5) is 5.69 Å². The van der Waals surface area contributed by atoms with Gasteiger partial charge in [-0.1, -0.05) is 28.4 Å². The molecule has 0 heterocycles. The van der Waals surface area contributed by atoms with Crippen molar-refractivity contribution < 1.29 is 0 Å². The number of halogens is 1. The minimum Gasteiger partial charge on any atom is -0.375 e. The fourth-order valence-electron chi connectivity index (χ4n) is 1.92.